The second kappa shape index (κ2) is 7.64. The standard InChI is InChI=1S/C22H17FN6O/c1-13(27-20-15(10-24)11-26-22(25)28-20)18-9-17-8-7-16(23)12-29(17)21(30)19(18)14-5-3-2-4-6-14/h2-9,11-13H,1H3,(H3,25,26,27,28). The van der Waals surface area contributed by atoms with E-state index < -0.39 is 11.9 Å². The van der Waals surface area contributed by atoms with E-state index in [9.17, 15) is 14.4 Å². The van der Waals surface area contributed by atoms with E-state index in [0.29, 0.717) is 22.2 Å². The summed E-state index contributed by atoms with van der Waals surface area (Å²) in [5.41, 5.74) is 7.92. The molecule has 1 unspecified atom stereocenters. The predicted octanol–water partition coefficient (Wildman–Crippen LogP) is 3.52. The zero-order chi connectivity index (χ0) is 21.3. The average molecular weight is 400 g/mol. The molecule has 1 atom stereocenters. The Bertz CT molecular complexity index is 1340. The molecule has 0 aliphatic rings. The fraction of sp³-hybridized carbons (Fsp3) is 0.0909. The van der Waals surface area contributed by atoms with E-state index in [1.807, 2.05) is 49.4 Å². The fourth-order valence-electron chi connectivity index (χ4n) is 3.36. The van der Waals surface area contributed by atoms with Crippen molar-refractivity contribution in [1.82, 2.24) is 14.4 Å². The first kappa shape index (κ1) is 19.1. The molecular formula is C22H17FN6O. The molecule has 8 heteroatoms. The molecule has 3 heterocycles. The molecule has 7 nitrogen and oxygen atoms in total. The van der Waals surface area contributed by atoms with Crippen LogP contribution in [0.2, 0.25) is 0 Å². The lowest BCUT2D eigenvalue weighted by Crippen LogP contribution is -2.21. The SMILES string of the molecule is CC(Nc1nc(N)ncc1C#N)c1cc2ccc(F)cn2c(=O)c1-c1ccccc1. The predicted molar refractivity (Wildman–Crippen MR) is 112 cm³/mol. The van der Waals surface area contributed by atoms with Crippen LogP contribution in [0.1, 0.15) is 24.1 Å². The zero-order valence-corrected chi connectivity index (χ0v) is 16.0. The van der Waals surface area contributed by atoms with Gasteiger partial charge in [-0.15, -0.1) is 0 Å². The number of hydrogen-bond acceptors (Lipinski definition) is 6. The molecule has 0 amide bonds. The number of nitrogens with zero attached hydrogens (tertiary/aromatic N) is 4. The number of fused-ring (bicyclic) bond motifs is 1. The molecule has 4 aromatic rings. The van der Waals surface area contributed by atoms with Crippen molar-refractivity contribution < 1.29 is 4.39 Å². The Balaban J connectivity index is 1.92. The molecule has 4 rings (SSSR count). The molecular weight excluding hydrogens is 383 g/mol. The van der Waals surface area contributed by atoms with Crippen LogP contribution in [0.25, 0.3) is 16.6 Å². The van der Waals surface area contributed by atoms with Gasteiger partial charge in [-0.05, 0) is 36.2 Å². The van der Waals surface area contributed by atoms with E-state index in [1.54, 1.807) is 6.07 Å². The molecule has 3 aromatic heterocycles. The minimum atomic E-state index is -0.502. The maximum absolute atomic E-state index is 13.8. The monoisotopic (exact) mass is 400 g/mol. The van der Waals surface area contributed by atoms with Crippen LogP contribution in [-0.2, 0) is 0 Å². The van der Waals surface area contributed by atoms with E-state index in [4.69, 9.17) is 5.73 Å². The highest BCUT2D eigenvalue weighted by Gasteiger charge is 2.19. The molecule has 0 aliphatic carbocycles. The summed E-state index contributed by atoms with van der Waals surface area (Å²) in [5, 5.41) is 12.5. The van der Waals surface area contributed by atoms with Crippen molar-refractivity contribution in [3.8, 4) is 17.2 Å². The van der Waals surface area contributed by atoms with Gasteiger partial charge < -0.3 is 11.1 Å². The van der Waals surface area contributed by atoms with Crippen molar-refractivity contribution in [1.29, 1.82) is 5.26 Å². The summed E-state index contributed by atoms with van der Waals surface area (Å²) >= 11 is 0. The van der Waals surface area contributed by atoms with Gasteiger partial charge in [0.05, 0.1) is 17.8 Å². The van der Waals surface area contributed by atoms with Crippen molar-refractivity contribution >= 4 is 17.3 Å². The number of anilines is 2. The minimum absolute atomic E-state index is 0.0287. The van der Waals surface area contributed by atoms with Gasteiger partial charge in [-0.1, -0.05) is 30.3 Å². The summed E-state index contributed by atoms with van der Waals surface area (Å²) in [7, 11) is 0. The van der Waals surface area contributed by atoms with Crippen LogP contribution in [0.5, 0.6) is 0 Å². The lowest BCUT2D eigenvalue weighted by molar-refractivity contribution is 0.618. The number of pyridine rings is 2. The van der Waals surface area contributed by atoms with Crippen molar-refractivity contribution in [3.63, 3.8) is 0 Å². The summed E-state index contributed by atoms with van der Waals surface area (Å²) in [5.74, 6) is -0.200. The Morgan fingerprint density at radius 1 is 1.23 bits per heavy atom. The second-order valence-electron chi connectivity index (χ2n) is 6.76. The van der Waals surface area contributed by atoms with Crippen LogP contribution < -0.4 is 16.6 Å². The Labute approximate surface area is 171 Å². The van der Waals surface area contributed by atoms with Gasteiger partial charge in [-0.3, -0.25) is 9.20 Å². The van der Waals surface area contributed by atoms with Crippen LogP contribution in [-0.4, -0.2) is 14.4 Å². The van der Waals surface area contributed by atoms with E-state index in [-0.39, 0.29) is 22.9 Å². The third-order valence-corrected chi connectivity index (χ3v) is 4.78. The first-order valence-corrected chi connectivity index (χ1v) is 9.17. The molecule has 30 heavy (non-hydrogen) atoms. The first-order valence-electron chi connectivity index (χ1n) is 9.17. The van der Waals surface area contributed by atoms with E-state index in [1.165, 1.54) is 22.9 Å². The topological polar surface area (TPSA) is 109 Å². The molecule has 0 radical (unpaired) electrons. The normalized spacial score (nSPS) is 11.8. The number of nitriles is 1. The van der Waals surface area contributed by atoms with Gasteiger partial charge in [0.2, 0.25) is 5.95 Å². The maximum Gasteiger partial charge on any atom is 0.263 e. The molecule has 148 valence electrons. The summed E-state index contributed by atoms with van der Waals surface area (Å²) in [6, 6.07) is 15.4. The van der Waals surface area contributed by atoms with E-state index in [2.05, 4.69) is 15.3 Å². The summed E-state index contributed by atoms with van der Waals surface area (Å²) in [4.78, 5) is 21.2. The second-order valence-corrected chi connectivity index (χ2v) is 6.76. The Morgan fingerprint density at radius 2 is 2.00 bits per heavy atom. The number of benzene rings is 1. The number of nitrogen functional groups attached to an aromatic ring is 1. The van der Waals surface area contributed by atoms with Crippen LogP contribution >= 0.6 is 0 Å². The molecule has 1 aromatic carbocycles. The summed E-state index contributed by atoms with van der Waals surface area (Å²) in [6.45, 7) is 1.85. The third kappa shape index (κ3) is 3.44. The van der Waals surface area contributed by atoms with Crippen LogP contribution in [0.3, 0.4) is 0 Å². The largest absolute Gasteiger partial charge is 0.368 e. The zero-order valence-electron chi connectivity index (χ0n) is 16.0. The number of nitrogens with two attached hydrogens (primary N) is 1. The molecule has 0 fully saturated rings. The highest BCUT2D eigenvalue weighted by Crippen LogP contribution is 2.29. The highest BCUT2D eigenvalue weighted by molar-refractivity contribution is 5.71. The Morgan fingerprint density at radius 3 is 2.73 bits per heavy atom. The van der Waals surface area contributed by atoms with Gasteiger partial charge in [0.25, 0.3) is 5.56 Å². The van der Waals surface area contributed by atoms with Crippen molar-refractivity contribution in [3.05, 3.63) is 88.2 Å². The minimum Gasteiger partial charge on any atom is -0.368 e. The van der Waals surface area contributed by atoms with Crippen molar-refractivity contribution in [2.45, 2.75) is 13.0 Å². The van der Waals surface area contributed by atoms with Gasteiger partial charge >= 0.3 is 0 Å². The number of rotatable bonds is 4. The van der Waals surface area contributed by atoms with E-state index in [0.717, 1.165) is 0 Å². The van der Waals surface area contributed by atoms with E-state index >= 15 is 0 Å². The molecule has 3 N–H and O–H groups in total. The molecule has 0 saturated heterocycles. The number of halogens is 1. The highest BCUT2D eigenvalue weighted by atomic mass is 19.1. The van der Waals surface area contributed by atoms with Crippen molar-refractivity contribution in [2.24, 2.45) is 0 Å². The smallest absolute Gasteiger partial charge is 0.263 e. The Hall–Kier alpha value is -4.25. The van der Waals surface area contributed by atoms with Gasteiger partial charge in [-0.2, -0.15) is 10.2 Å². The molecule has 0 spiro atoms. The van der Waals surface area contributed by atoms with Crippen LogP contribution in [0.4, 0.5) is 16.2 Å². The van der Waals surface area contributed by atoms with Crippen LogP contribution in [0.15, 0.2) is 65.7 Å². The van der Waals surface area contributed by atoms with Gasteiger partial charge in [0.1, 0.15) is 23.3 Å². The Kier molecular flexibility index (Phi) is 4.86. The van der Waals surface area contributed by atoms with Gasteiger partial charge in [0.15, 0.2) is 0 Å². The quantitative estimate of drug-likeness (QED) is 0.542. The lowest BCUT2D eigenvalue weighted by Gasteiger charge is -2.20. The molecule has 0 saturated carbocycles. The number of aromatic nitrogens is 3. The average Bonchev–Trinajstić information content (AvgIpc) is 2.75. The maximum atomic E-state index is 13.8. The van der Waals surface area contributed by atoms with Gasteiger partial charge in [0, 0.05) is 11.7 Å². The fourth-order valence-corrected chi connectivity index (χ4v) is 3.36. The number of hydrogen-bond donors (Lipinski definition) is 2. The molecule has 0 aliphatic heterocycles. The van der Waals surface area contributed by atoms with Crippen LogP contribution in [0, 0.1) is 17.1 Å². The summed E-state index contributed by atoms with van der Waals surface area (Å²) in [6.07, 6.45) is 2.51. The van der Waals surface area contributed by atoms with Gasteiger partial charge in [-0.25, -0.2) is 9.37 Å². The van der Waals surface area contributed by atoms with Crippen molar-refractivity contribution in [2.75, 3.05) is 11.1 Å². The molecule has 0 bridgehead atoms. The first-order chi connectivity index (χ1) is 14.5. The summed E-state index contributed by atoms with van der Waals surface area (Å²) < 4.78 is 15.1. The third-order valence-electron chi connectivity index (χ3n) is 4.78. The lowest BCUT2D eigenvalue weighted by atomic mass is 9.96. The number of nitrogens with one attached hydrogen (secondary N) is 1.